The van der Waals surface area contributed by atoms with Crippen molar-refractivity contribution in [1.82, 2.24) is 25.1 Å². The minimum atomic E-state index is -1.02. The molecule has 2 unspecified atom stereocenters. The molecule has 1 amide bonds. The largest absolute Gasteiger partial charge is 0.480 e. The van der Waals surface area contributed by atoms with Crippen LogP contribution >= 0.6 is 0 Å². The number of hydrogen-bond donors (Lipinski definition) is 1. The first-order valence-electron chi connectivity index (χ1n) is 7.00. The molecule has 1 aromatic carbocycles. The fourth-order valence-corrected chi connectivity index (χ4v) is 2.63. The van der Waals surface area contributed by atoms with Gasteiger partial charge in [-0.05, 0) is 34.7 Å². The van der Waals surface area contributed by atoms with Gasteiger partial charge in [-0.3, -0.25) is 4.79 Å². The predicted molar refractivity (Wildman–Crippen MR) is 77.0 cm³/mol. The minimum absolute atomic E-state index is 0.263. The molecule has 1 N–H and O–H groups in total. The number of tetrazole rings is 1. The van der Waals surface area contributed by atoms with Gasteiger partial charge in [0, 0.05) is 25.6 Å². The monoisotopic (exact) mass is 317 g/mol. The van der Waals surface area contributed by atoms with Crippen molar-refractivity contribution in [2.45, 2.75) is 18.6 Å². The highest BCUT2D eigenvalue weighted by atomic mass is 16.5. The topological polar surface area (TPSA) is 110 Å². The summed E-state index contributed by atoms with van der Waals surface area (Å²) in [7, 11) is 1.51. The van der Waals surface area contributed by atoms with E-state index >= 15 is 0 Å². The Hall–Kier alpha value is -2.81. The summed E-state index contributed by atoms with van der Waals surface area (Å²) in [6.45, 7) is 0.265. The molecule has 23 heavy (non-hydrogen) atoms. The molecule has 2 aromatic rings. The number of carbonyl (C=O) groups is 2. The van der Waals surface area contributed by atoms with Crippen LogP contribution < -0.4 is 0 Å². The summed E-state index contributed by atoms with van der Waals surface area (Å²) in [5, 5.41) is 20.1. The molecule has 1 aliphatic rings. The fraction of sp³-hybridized carbons (Fsp3) is 0.357. The molecule has 3 rings (SSSR count). The first-order valence-corrected chi connectivity index (χ1v) is 7.00. The Morgan fingerprint density at radius 3 is 2.61 bits per heavy atom. The molecule has 2 heterocycles. The lowest BCUT2D eigenvalue weighted by molar-refractivity contribution is -0.141. The first-order chi connectivity index (χ1) is 11.1. The number of nitrogens with zero attached hydrogens (tertiary/aromatic N) is 5. The van der Waals surface area contributed by atoms with E-state index in [1.165, 1.54) is 23.0 Å². The van der Waals surface area contributed by atoms with Crippen LogP contribution in [0.25, 0.3) is 5.69 Å². The summed E-state index contributed by atoms with van der Waals surface area (Å²) >= 11 is 0. The number of carboxylic acid groups (broad SMARTS) is 1. The van der Waals surface area contributed by atoms with E-state index in [1.54, 1.807) is 24.3 Å². The van der Waals surface area contributed by atoms with Crippen LogP contribution in [-0.4, -0.2) is 67.9 Å². The molecule has 9 nitrogen and oxygen atoms in total. The van der Waals surface area contributed by atoms with Crippen molar-refractivity contribution >= 4 is 11.9 Å². The SMILES string of the molecule is COC1CC(C(=O)O)N(C(=O)c2ccc(-n3cnnn3)cc2)C1. The molecule has 1 aromatic heterocycles. The Morgan fingerprint density at radius 1 is 1.30 bits per heavy atom. The highest BCUT2D eigenvalue weighted by Gasteiger charge is 2.40. The van der Waals surface area contributed by atoms with Crippen LogP contribution in [0, 0.1) is 0 Å². The number of carboxylic acids is 1. The van der Waals surface area contributed by atoms with E-state index in [0.29, 0.717) is 17.7 Å². The smallest absolute Gasteiger partial charge is 0.326 e. The van der Waals surface area contributed by atoms with E-state index in [0.717, 1.165) is 0 Å². The average Bonchev–Trinajstić information content (AvgIpc) is 3.23. The van der Waals surface area contributed by atoms with Gasteiger partial charge in [0.2, 0.25) is 0 Å². The van der Waals surface area contributed by atoms with Gasteiger partial charge < -0.3 is 14.7 Å². The van der Waals surface area contributed by atoms with Crippen molar-refractivity contribution < 1.29 is 19.4 Å². The van der Waals surface area contributed by atoms with Gasteiger partial charge in [0.15, 0.2) is 0 Å². The zero-order valence-corrected chi connectivity index (χ0v) is 12.4. The number of likely N-dealkylation sites (tertiary alicyclic amines) is 1. The van der Waals surface area contributed by atoms with Crippen LogP contribution in [0.15, 0.2) is 30.6 Å². The highest BCUT2D eigenvalue weighted by Crippen LogP contribution is 2.23. The number of aliphatic carboxylic acids is 1. The molecule has 0 radical (unpaired) electrons. The van der Waals surface area contributed by atoms with Crippen LogP contribution in [0.3, 0.4) is 0 Å². The number of amides is 1. The van der Waals surface area contributed by atoms with Gasteiger partial charge in [-0.25, -0.2) is 9.48 Å². The van der Waals surface area contributed by atoms with Gasteiger partial charge in [-0.1, -0.05) is 0 Å². The van der Waals surface area contributed by atoms with Gasteiger partial charge in [0.25, 0.3) is 5.91 Å². The standard InChI is InChI=1S/C14H15N5O4/c1-23-11-6-12(14(21)22)18(7-11)13(20)9-2-4-10(5-3-9)19-8-15-16-17-19/h2-5,8,11-12H,6-7H2,1H3,(H,21,22). The zero-order valence-electron chi connectivity index (χ0n) is 12.4. The number of carbonyl (C=O) groups excluding carboxylic acids is 1. The molecule has 9 heteroatoms. The zero-order chi connectivity index (χ0) is 16.4. The van der Waals surface area contributed by atoms with Gasteiger partial charge in [-0.2, -0.15) is 0 Å². The van der Waals surface area contributed by atoms with Crippen molar-refractivity contribution in [3.8, 4) is 5.69 Å². The van der Waals surface area contributed by atoms with E-state index in [4.69, 9.17) is 4.74 Å². The summed E-state index contributed by atoms with van der Waals surface area (Å²) in [5.41, 5.74) is 1.11. The molecule has 0 bridgehead atoms. The maximum atomic E-state index is 12.6. The van der Waals surface area contributed by atoms with E-state index in [-0.39, 0.29) is 18.6 Å². The van der Waals surface area contributed by atoms with E-state index < -0.39 is 12.0 Å². The lowest BCUT2D eigenvalue weighted by Gasteiger charge is -2.21. The summed E-state index contributed by atoms with van der Waals surface area (Å²) in [4.78, 5) is 25.3. The predicted octanol–water partition coefficient (Wildman–Crippen LogP) is -0.0236. The van der Waals surface area contributed by atoms with Gasteiger partial charge >= 0.3 is 5.97 Å². The quantitative estimate of drug-likeness (QED) is 0.843. The summed E-state index contributed by atoms with van der Waals surface area (Å²) in [6.07, 6.45) is 1.47. The van der Waals surface area contributed by atoms with Crippen LogP contribution in [0.1, 0.15) is 16.8 Å². The fourth-order valence-electron chi connectivity index (χ4n) is 2.63. The third kappa shape index (κ3) is 2.90. The van der Waals surface area contributed by atoms with E-state index in [9.17, 15) is 14.7 Å². The molecule has 2 atom stereocenters. The van der Waals surface area contributed by atoms with Crippen molar-refractivity contribution in [3.63, 3.8) is 0 Å². The van der Waals surface area contributed by atoms with Crippen molar-refractivity contribution in [2.75, 3.05) is 13.7 Å². The van der Waals surface area contributed by atoms with Crippen LogP contribution in [0.4, 0.5) is 0 Å². The number of methoxy groups -OCH3 is 1. The van der Waals surface area contributed by atoms with Crippen LogP contribution in [0.5, 0.6) is 0 Å². The molecular formula is C14H15N5O4. The maximum Gasteiger partial charge on any atom is 0.326 e. The van der Waals surface area contributed by atoms with Gasteiger partial charge in [0.05, 0.1) is 11.8 Å². The lowest BCUT2D eigenvalue weighted by atomic mass is 10.1. The maximum absolute atomic E-state index is 12.6. The highest BCUT2D eigenvalue weighted by molar-refractivity contribution is 5.97. The Kier molecular flexibility index (Phi) is 4.02. The van der Waals surface area contributed by atoms with Gasteiger partial charge in [0.1, 0.15) is 12.4 Å². The number of aromatic nitrogens is 4. The number of benzene rings is 1. The average molecular weight is 317 g/mol. The third-order valence-electron chi connectivity index (χ3n) is 3.87. The number of hydrogen-bond acceptors (Lipinski definition) is 6. The second kappa shape index (κ2) is 6.13. The third-order valence-corrected chi connectivity index (χ3v) is 3.87. The molecule has 1 aliphatic heterocycles. The Morgan fingerprint density at radius 2 is 2.04 bits per heavy atom. The van der Waals surface area contributed by atoms with Crippen molar-refractivity contribution in [1.29, 1.82) is 0 Å². The Bertz CT molecular complexity index is 700. The lowest BCUT2D eigenvalue weighted by Crippen LogP contribution is -2.40. The number of rotatable bonds is 4. The molecule has 1 fully saturated rings. The Balaban J connectivity index is 1.80. The van der Waals surface area contributed by atoms with Gasteiger partial charge in [-0.15, -0.1) is 5.10 Å². The molecule has 0 spiro atoms. The summed E-state index contributed by atoms with van der Waals surface area (Å²) in [6, 6.07) is 5.77. The molecule has 0 aliphatic carbocycles. The normalized spacial score (nSPS) is 20.7. The van der Waals surface area contributed by atoms with Crippen molar-refractivity contribution in [2.24, 2.45) is 0 Å². The van der Waals surface area contributed by atoms with E-state index in [1.807, 2.05) is 0 Å². The second-order valence-corrected chi connectivity index (χ2v) is 5.21. The first kappa shape index (κ1) is 15.1. The second-order valence-electron chi connectivity index (χ2n) is 5.21. The minimum Gasteiger partial charge on any atom is -0.480 e. The summed E-state index contributed by atoms with van der Waals surface area (Å²) in [5.74, 6) is -1.36. The molecule has 120 valence electrons. The molecule has 1 saturated heterocycles. The van der Waals surface area contributed by atoms with E-state index in [2.05, 4.69) is 15.5 Å². The summed E-state index contributed by atoms with van der Waals surface area (Å²) < 4.78 is 6.66. The number of ether oxygens (including phenoxy) is 1. The van der Waals surface area contributed by atoms with Crippen LogP contribution in [0.2, 0.25) is 0 Å². The van der Waals surface area contributed by atoms with Crippen molar-refractivity contribution in [3.05, 3.63) is 36.2 Å². The molecular weight excluding hydrogens is 302 g/mol. The van der Waals surface area contributed by atoms with Crippen LogP contribution in [-0.2, 0) is 9.53 Å². The Labute approximate surface area is 131 Å². The molecule has 0 saturated carbocycles.